The molecule has 0 radical (unpaired) electrons. The lowest BCUT2D eigenvalue weighted by Gasteiger charge is -2.38. The molecule has 0 aliphatic carbocycles. The van der Waals surface area contributed by atoms with Gasteiger partial charge in [0.2, 0.25) is 0 Å². The van der Waals surface area contributed by atoms with Crippen LogP contribution in [-0.4, -0.2) is 49.4 Å². The number of benzene rings is 1. The summed E-state index contributed by atoms with van der Waals surface area (Å²) in [5.41, 5.74) is -1.05. The Morgan fingerprint density at radius 3 is 2.63 bits per heavy atom. The topological polar surface area (TPSA) is 65.1 Å². The Kier molecular flexibility index (Phi) is 5.54. The van der Waals surface area contributed by atoms with Crippen molar-refractivity contribution >= 4 is 12.1 Å². The summed E-state index contributed by atoms with van der Waals surface area (Å²) >= 11 is 0. The van der Waals surface area contributed by atoms with E-state index in [1.165, 1.54) is 4.90 Å². The Morgan fingerprint density at radius 1 is 1.30 bits per heavy atom. The van der Waals surface area contributed by atoms with Gasteiger partial charge in [0.15, 0.2) is 0 Å². The summed E-state index contributed by atoms with van der Waals surface area (Å²) in [7, 11) is 0. The van der Waals surface area contributed by atoms with Gasteiger partial charge in [-0.25, -0.2) is 9.18 Å². The van der Waals surface area contributed by atoms with Crippen molar-refractivity contribution in [3.8, 4) is 0 Å². The third kappa shape index (κ3) is 4.88. The van der Waals surface area contributed by atoms with E-state index in [1.54, 1.807) is 0 Å². The highest BCUT2D eigenvalue weighted by Crippen LogP contribution is 2.30. The third-order valence-corrected chi connectivity index (χ3v) is 4.34. The normalized spacial score (nSPS) is 20.4. The Labute approximate surface area is 152 Å². The van der Waals surface area contributed by atoms with Crippen LogP contribution in [0, 0.1) is 11.7 Å². The largest absolute Gasteiger partial charge is 0.465 e. The molecule has 0 aromatic heterocycles. The first-order chi connectivity index (χ1) is 12.7. The average Bonchev–Trinajstić information content (AvgIpc) is 2.97. The summed E-state index contributed by atoms with van der Waals surface area (Å²) in [6, 6.07) is 2.26. The number of cyclic esters (lactones) is 1. The monoisotopic (exact) mass is 391 g/mol. The molecule has 0 N–H and O–H groups in total. The molecule has 6 nitrogen and oxygen atoms in total. The molecule has 2 fully saturated rings. The molecule has 2 heterocycles. The van der Waals surface area contributed by atoms with E-state index in [1.807, 2.05) is 0 Å². The van der Waals surface area contributed by atoms with E-state index in [0.29, 0.717) is 6.07 Å². The molecule has 10 heteroatoms. The second-order valence-electron chi connectivity index (χ2n) is 6.47. The standard InChI is InChI=1S/C17H17F4NO5/c18-14-4-12(17(19,20)21)2-1-11(14)9-25-13-5-22(6-13)16(24)27-8-10-3-15(23)26-7-10/h1-2,4,10,13H,3,5-9H2/t10-/m1/s1. The quantitative estimate of drug-likeness (QED) is 0.571. The average molecular weight is 391 g/mol. The number of likely N-dealkylation sites (tertiary alicyclic amines) is 1. The molecule has 3 rings (SSSR count). The molecule has 1 amide bonds. The second-order valence-corrected chi connectivity index (χ2v) is 6.47. The van der Waals surface area contributed by atoms with E-state index in [-0.39, 0.29) is 62.9 Å². The lowest BCUT2D eigenvalue weighted by Crippen LogP contribution is -2.55. The van der Waals surface area contributed by atoms with Crippen LogP contribution in [0.3, 0.4) is 0 Å². The molecule has 1 aromatic carbocycles. The summed E-state index contributed by atoms with van der Waals surface area (Å²) < 4.78 is 66.5. The summed E-state index contributed by atoms with van der Waals surface area (Å²) in [6.45, 7) is 0.599. The first-order valence-corrected chi connectivity index (χ1v) is 8.27. The van der Waals surface area contributed by atoms with Crippen molar-refractivity contribution in [3.05, 3.63) is 35.1 Å². The Hall–Kier alpha value is -2.36. The zero-order valence-corrected chi connectivity index (χ0v) is 14.1. The molecule has 0 bridgehead atoms. The molecule has 0 saturated carbocycles. The molecule has 27 heavy (non-hydrogen) atoms. The Morgan fingerprint density at radius 2 is 2.04 bits per heavy atom. The van der Waals surface area contributed by atoms with Crippen LogP contribution in [0.15, 0.2) is 18.2 Å². The van der Waals surface area contributed by atoms with Crippen molar-refractivity contribution in [2.45, 2.75) is 25.3 Å². The number of esters is 1. The van der Waals surface area contributed by atoms with Gasteiger partial charge in [0.05, 0.1) is 51.0 Å². The highest BCUT2D eigenvalue weighted by molar-refractivity contribution is 5.72. The third-order valence-electron chi connectivity index (χ3n) is 4.34. The Balaban J connectivity index is 1.38. The van der Waals surface area contributed by atoms with Gasteiger partial charge in [-0.15, -0.1) is 0 Å². The van der Waals surface area contributed by atoms with Crippen LogP contribution >= 0.6 is 0 Å². The van der Waals surface area contributed by atoms with Crippen molar-refractivity contribution in [1.29, 1.82) is 0 Å². The van der Waals surface area contributed by atoms with Crippen LogP contribution in [-0.2, 0) is 31.8 Å². The minimum Gasteiger partial charge on any atom is -0.465 e. The number of amides is 1. The molecule has 1 aromatic rings. The maximum atomic E-state index is 13.7. The summed E-state index contributed by atoms with van der Waals surface area (Å²) in [4.78, 5) is 24.2. The van der Waals surface area contributed by atoms with Gasteiger partial charge in [-0.3, -0.25) is 4.79 Å². The predicted molar refractivity (Wildman–Crippen MR) is 82.0 cm³/mol. The molecule has 2 saturated heterocycles. The summed E-state index contributed by atoms with van der Waals surface area (Å²) in [5, 5.41) is 0. The van der Waals surface area contributed by atoms with Crippen molar-refractivity contribution in [3.63, 3.8) is 0 Å². The van der Waals surface area contributed by atoms with E-state index in [9.17, 15) is 27.2 Å². The smallest absolute Gasteiger partial charge is 0.416 e. The van der Waals surface area contributed by atoms with Crippen molar-refractivity contribution < 1.29 is 41.4 Å². The van der Waals surface area contributed by atoms with Gasteiger partial charge < -0.3 is 19.1 Å². The van der Waals surface area contributed by atoms with E-state index < -0.39 is 23.7 Å². The zero-order chi connectivity index (χ0) is 19.6. The van der Waals surface area contributed by atoms with E-state index in [0.717, 1.165) is 12.1 Å². The predicted octanol–water partition coefficient (Wildman–Crippen LogP) is 2.75. The van der Waals surface area contributed by atoms with Crippen LogP contribution in [0.4, 0.5) is 22.4 Å². The molecule has 2 aliphatic heterocycles. The number of hydrogen-bond acceptors (Lipinski definition) is 5. The van der Waals surface area contributed by atoms with Gasteiger partial charge in [0.1, 0.15) is 5.82 Å². The van der Waals surface area contributed by atoms with Crippen molar-refractivity contribution in [2.24, 2.45) is 5.92 Å². The van der Waals surface area contributed by atoms with Crippen molar-refractivity contribution in [1.82, 2.24) is 4.90 Å². The van der Waals surface area contributed by atoms with Crippen LogP contribution in [0.2, 0.25) is 0 Å². The number of ether oxygens (including phenoxy) is 3. The van der Waals surface area contributed by atoms with E-state index >= 15 is 0 Å². The van der Waals surface area contributed by atoms with Gasteiger partial charge in [0, 0.05) is 11.5 Å². The molecule has 1 atom stereocenters. The van der Waals surface area contributed by atoms with Gasteiger partial charge in [0.25, 0.3) is 0 Å². The second kappa shape index (κ2) is 7.71. The van der Waals surface area contributed by atoms with Gasteiger partial charge in [-0.1, -0.05) is 6.07 Å². The molecular formula is C17H17F4NO5. The molecule has 0 spiro atoms. The Bertz CT molecular complexity index is 718. The first kappa shape index (κ1) is 19.4. The first-order valence-electron chi connectivity index (χ1n) is 8.27. The van der Waals surface area contributed by atoms with Gasteiger partial charge in [-0.05, 0) is 12.1 Å². The lowest BCUT2D eigenvalue weighted by molar-refractivity contribution is -0.138. The highest BCUT2D eigenvalue weighted by atomic mass is 19.4. The maximum absolute atomic E-state index is 13.7. The SMILES string of the molecule is O=C1C[C@@H](COC(=O)N2CC(OCc3ccc(C(F)(F)F)cc3F)C2)CO1. The van der Waals surface area contributed by atoms with Crippen LogP contribution in [0.1, 0.15) is 17.5 Å². The van der Waals surface area contributed by atoms with Crippen LogP contribution in [0.25, 0.3) is 0 Å². The van der Waals surface area contributed by atoms with E-state index in [2.05, 4.69) is 0 Å². The summed E-state index contributed by atoms with van der Waals surface area (Å²) in [6.07, 6.45) is -5.28. The number of carbonyl (C=O) groups is 2. The number of halogens is 4. The fourth-order valence-electron chi connectivity index (χ4n) is 2.69. The fourth-order valence-corrected chi connectivity index (χ4v) is 2.69. The minimum atomic E-state index is -4.60. The molecule has 0 unspecified atom stereocenters. The number of rotatable bonds is 5. The lowest BCUT2D eigenvalue weighted by atomic mass is 10.1. The maximum Gasteiger partial charge on any atom is 0.416 e. The van der Waals surface area contributed by atoms with Crippen LogP contribution in [0.5, 0.6) is 0 Å². The molecular weight excluding hydrogens is 374 g/mol. The van der Waals surface area contributed by atoms with Gasteiger partial charge >= 0.3 is 18.2 Å². The number of alkyl halides is 3. The highest BCUT2D eigenvalue weighted by Gasteiger charge is 2.34. The van der Waals surface area contributed by atoms with Gasteiger partial charge in [-0.2, -0.15) is 13.2 Å². The molecule has 148 valence electrons. The fraction of sp³-hybridized carbons (Fsp3) is 0.529. The number of nitrogens with zero attached hydrogens (tertiary/aromatic N) is 1. The minimum absolute atomic E-state index is 0.00919. The number of hydrogen-bond donors (Lipinski definition) is 0. The van der Waals surface area contributed by atoms with Crippen LogP contribution < -0.4 is 0 Å². The molecule has 2 aliphatic rings. The summed E-state index contributed by atoms with van der Waals surface area (Å²) in [5.74, 6) is -1.45. The zero-order valence-electron chi connectivity index (χ0n) is 14.1. The van der Waals surface area contributed by atoms with E-state index in [4.69, 9.17) is 14.2 Å². The van der Waals surface area contributed by atoms with Crippen molar-refractivity contribution in [2.75, 3.05) is 26.3 Å². The number of carbonyl (C=O) groups excluding carboxylic acids is 2.